The van der Waals surface area contributed by atoms with Crippen LogP contribution in [0, 0.1) is 0 Å². The number of quaternary nitrogens is 1. The van der Waals surface area contributed by atoms with Crippen LogP contribution in [-0.4, -0.2) is 89.4 Å². The van der Waals surface area contributed by atoms with E-state index < -0.39 is 44.8 Å². The summed E-state index contributed by atoms with van der Waals surface area (Å²) in [5, 5.41) is 34.7. The minimum Gasteiger partial charge on any atom is -0.387 e. The molecule has 1 amide bonds. The van der Waals surface area contributed by atoms with Gasteiger partial charge in [-0.25, -0.2) is 0 Å². The maximum atomic E-state index is 14.1. The van der Waals surface area contributed by atoms with Crippen LogP contribution in [0.4, 0.5) is 0 Å². The molecule has 1 aliphatic rings. The van der Waals surface area contributed by atoms with E-state index in [1.54, 1.807) is 0 Å². The van der Waals surface area contributed by atoms with Crippen LogP contribution in [0.1, 0.15) is 163 Å². The van der Waals surface area contributed by atoms with E-state index in [1.807, 2.05) is 20.8 Å². The van der Waals surface area contributed by atoms with Crippen LogP contribution in [-0.2, 0) is 28.1 Å². The minimum atomic E-state index is -4.36. The van der Waals surface area contributed by atoms with Crippen molar-refractivity contribution in [1.29, 1.82) is 0 Å². The Morgan fingerprint density at radius 3 is 1.54 bits per heavy atom. The number of amides is 1. The molecule has 48 heavy (non-hydrogen) atoms. The molecular formula is C36H74N2O9P+2. The van der Waals surface area contributed by atoms with E-state index in [4.69, 9.17) is 18.4 Å². The van der Waals surface area contributed by atoms with Gasteiger partial charge in [0, 0.05) is 11.2 Å². The number of carbonyl (C=O) groups excluding carboxylic acids is 1. The van der Waals surface area contributed by atoms with Crippen LogP contribution < -0.4 is 5.32 Å². The van der Waals surface area contributed by atoms with Crippen molar-refractivity contribution in [3.05, 3.63) is 0 Å². The topological polar surface area (TPSA) is 147 Å². The fourth-order valence-corrected chi connectivity index (χ4v) is 7.80. The Morgan fingerprint density at radius 2 is 1.08 bits per heavy atom. The summed E-state index contributed by atoms with van der Waals surface area (Å²) in [5.74, 6) is -0.638. The molecule has 0 aromatic heterocycles. The summed E-state index contributed by atoms with van der Waals surface area (Å²) in [4.78, 5) is 27.1. The van der Waals surface area contributed by atoms with Crippen LogP contribution in [0.5, 0.6) is 0 Å². The number of hydroxylamine groups is 3. The Morgan fingerprint density at radius 1 is 0.646 bits per heavy atom. The van der Waals surface area contributed by atoms with Crippen molar-refractivity contribution in [1.82, 2.24) is 5.32 Å². The first-order valence-electron chi connectivity index (χ1n) is 19.6. The van der Waals surface area contributed by atoms with Gasteiger partial charge in [0.05, 0.1) is 4.89 Å². The smallest absolute Gasteiger partial charge is 0.387 e. The first-order chi connectivity index (χ1) is 23.1. The molecule has 0 aromatic rings. The zero-order chi connectivity index (χ0) is 35.7. The lowest BCUT2D eigenvalue weighted by atomic mass is 9.98. The third-order valence-electron chi connectivity index (χ3n) is 9.64. The molecule has 1 rings (SSSR count). The van der Waals surface area contributed by atoms with Crippen molar-refractivity contribution in [2.45, 2.75) is 194 Å². The van der Waals surface area contributed by atoms with Gasteiger partial charge < -0.3 is 25.4 Å². The lowest BCUT2D eigenvalue weighted by Gasteiger charge is -2.38. The highest BCUT2D eigenvalue weighted by Gasteiger charge is 2.62. The maximum absolute atomic E-state index is 14.1. The van der Waals surface area contributed by atoms with Crippen molar-refractivity contribution >= 4 is 14.1 Å². The van der Waals surface area contributed by atoms with Crippen molar-refractivity contribution < 1.29 is 48.1 Å². The highest BCUT2D eigenvalue weighted by atomic mass is 31.2. The average Bonchev–Trinajstić information content (AvgIpc) is 3.08. The van der Waals surface area contributed by atoms with Crippen molar-refractivity contribution in [3.63, 3.8) is 0 Å². The number of rotatable bonds is 31. The molecule has 1 heterocycles. The number of unbranched alkanes of at least 4 members (excludes halogenated alkanes) is 18. The van der Waals surface area contributed by atoms with Crippen LogP contribution in [0.25, 0.3) is 0 Å². The Kier molecular flexibility index (Phi) is 25.8. The molecule has 1 saturated heterocycles. The summed E-state index contributed by atoms with van der Waals surface area (Å²) in [5.41, 5.74) is 0. The zero-order valence-electron chi connectivity index (χ0n) is 31.2. The molecule has 0 bridgehead atoms. The monoisotopic (exact) mass is 710 g/mol. The molecule has 1 fully saturated rings. The summed E-state index contributed by atoms with van der Waals surface area (Å²) in [6.45, 7) is 12.1. The van der Waals surface area contributed by atoms with Crippen molar-refractivity contribution in [2.24, 2.45) is 0 Å². The lowest BCUT2D eigenvalue weighted by molar-refractivity contribution is -1.08. The van der Waals surface area contributed by atoms with Crippen LogP contribution in [0.3, 0.4) is 0 Å². The maximum Gasteiger partial charge on any atom is 0.668 e. The molecule has 285 valence electrons. The summed E-state index contributed by atoms with van der Waals surface area (Å²) in [7, 11) is -4.36. The van der Waals surface area contributed by atoms with Crippen LogP contribution in [0.15, 0.2) is 0 Å². The largest absolute Gasteiger partial charge is 0.668 e. The van der Waals surface area contributed by atoms with Crippen LogP contribution in [0.2, 0.25) is 0 Å². The quantitative estimate of drug-likeness (QED) is 0.0248. The molecule has 4 N–H and O–H groups in total. The number of hydrogen-bond acceptors (Lipinski definition) is 8. The SMILES string of the molecule is CCCCCCCCCCCCNC(=O)[C@H]1O[C@H](O[P+]([O])(OCCCCCCCCCCCC)O[N+](CC)(CC)CC)[C@H](O)[C@@H](O)[C@@H]1O. The summed E-state index contributed by atoms with van der Waals surface area (Å²) < 4.78 is 23.2. The Bertz CT molecular complexity index is 786. The van der Waals surface area contributed by atoms with Gasteiger partial charge in [-0.1, -0.05) is 129 Å². The number of nitrogens with one attached hydrogen (secondary N) is 1. The van der Waals surface area contributed by atoms with E-state index in [2.05, 4.69) is 19.2 Å². The molecule has 6 atom stereocenters. The van der Waals surface area contributed by atoms with Gasteiger partial charge in [-0.05, 0) is 33.6 Å². The zero-order valence-corrected chi connectivity index (χ0v) is 32.1. The van der Waals surface area contributed by atoms with E-state index in [-0.39, 0.29) is 11.3 Å². The van der Waals surface area contributed by atoms with Gasteiger partial charge in [-0.2, -0.15) is 0 Å². The predicted octanol–water partition coefficient (Wildman–Crippen LogP) is 7.70. The van der Waals surface area contributed by atoms with Crippen LogP contribution >= 0.6 is 8.17 Å². The normalized spacial score (nSPS) is 22.9. The fraction of sp³-hybridized carbons (Fsp3) is 0.972. The van der Waals surface area contributed by atoms with Crippen molar-refractivity contribution in [3.8, 4) is 0 Å². The van der Waals surface area contributed by atoms with E-state index >= 15 is 0 Å². The Hall–Kier alpha value is -0.460. The van der Waals surface area contributed by atoms with Gasteiger partial charge in [0.15, 0.2) is 6.10 Å². The number of ether oxygens (including phenoxy) is 1. The van der Waals surface area contributed by atoms with Gasteiger partial charge in [0.1, 0.15) is 44.6 Å². The summed E-state index contributed by atoms with van der Waals surface area (Å²) in [6.07, 6.45) is 14.5. The predicted molar refractivity (Wildman–Crippen MR) is 191 cm³/mol. The fourth-order valence-electron chi connectivity index (χ4n) is 6.10. The Labute approximate surface area is 293 Å². The first kappa shape index (κ1) is 45.6. The standard InChI is InChI=1S/C36H73N2O9P/c1-6-11-13-15-17-19-21-23-25-27-29-37-35(42)34-32(40)31(39)33(41)36(45-34)46-48(43,47-38(8-3,9-4)10-5)44-30-28-26-24-22-20-18-16-14-12-7-2/h31-34,36,39-41H,6-30H2,1-5H3/q+1/p+1/t31-,32-,33+,34-,36+,48?/m0/s1. The highest BCUT2D eigenvalue weighted by molar-refractivity contribution is 7.55. The van der Waals surface area contributed by atoms with Crippen molar-refractivity contribution in [2.75, 3.05) is 32.8 Å². The van der Waals surface area contributed by atoms with Gasteiger partial charge in [0.2, 0.25) is 6.29 Å². The number of aliphatic hydroxyl groups excluding tert-OH is 3. The summed E-state index contributed by atoms with van der Waals surface area (Å²) >= 11 is 0. The molecule has 0 aliphatic carbocycles. The number of aliphatic hydroxyl groups is 3. The van der Waals surface area contributed by atoms with Gasteiger partial charge in [0.25, 0.3) is 5.91 Å². The highest BCUT2D eigenvalue weighted by Crippen LogP contribution is 2.62. The second-order valence-electron chi connectivity index (χ2n) is 13.5. The van der Waals surface area contributed by atoms with E-state index in [0.717, 1.165) is 38.5 Å². The molecule has 1 unspecified atom stereocenters. The Balaban J connectivity index is 2.69. The van der Waals surface area contributed by atoms with Gasteiger partial charge in [-0.15, -0.1) is 13.7 Å². The second-order valence-corrected chi connectivity index (χ2v) is 15.1. The van der Waals surface area contributed by atoms with E-state index in [1.165, 1.54) is 83.5 Å². The molecule has 1 radical (unpaired) electrons. The molecule has 1 aliphatic heterocycles. The molecule has 0 spiro atoms. The second kappa shape index (κ2) is 27.2. The minimum absolute atomic E-state index is 0.0218. The molecule has 12 heteroatoms. The van der Waals surface area contributed by atoms with E-state index in [0.29, 0.717) is 32.6 Å². The number of carbonyl (C=O) groups is 1. The molecule has 0 saturated carbocycles. The molecule has 11 nitrogen and oxygen atoms in total. The van der Waals surface area contributed by atoms with E-state index in [9.17, 15) is 25.0 Å². The molecule has 0 aromatic carbocycles. The molecular weight excluding hydrogens is 635 g/mol. The number of hydrogen-bond donors (Lipinski definition) is 4. The first-order valence-corrected chi connectivity index (χ1v) is 21.1. The van der Waals surface area contributed by atoms with Gasteiger partial charge in [-0.3, -0.25) is 4.79 Å². The number of nitrogens with zero attached hydrogens (tertiary/aromatic N) is 1. The van der Waals surface area contributed by atoms with Gasteiger partial charge >= 0.3 is 8.17 Å². The average molecular weight is 710 g/mol. The summed E-state index contributed by atoms with van der Waals surface area (Å²) in [6, 6.07) is 0. The lowest BCUT2D eigenvalue weighted by Crippen LogP contribution is -2.62. The third-order valence-corrected chi connectivity index (χ3v) is 11.2. The third kappa shape index (κ3) is 18.2.